The first-order chi connectivity index (χ1) is 24.0. The molecule has 10 nitrogen and oxygen atoms in total. The molecule has 2 N–H and O–H groups in total. The summed E-state index contributed by atoms with van der Waals surface area (Å²) in [5.41, 5.74) is 4.78. The van der Waals surface area contributed by atoms with Crippen LogP contribution >= 0.6 is 22.7 Å². The maximum atomic E-state index is 14.0. The van der Waals surface area contributed by atoms with E-state index in [-0.39, 0.29) is 36.8 Å². The first-order valence-electron chi connectivity index (χ1n) is 17.1. The van der Waals surface area contributed by atoms with Gasteiger partial charge in [0.1, 0.15) is 12.6 Å². The predicted octanol–water partition coefficient (Wildman–Crippen LogP) is 6.93. The number of amides is 3. The lowest BCUT2D eigenvalue weighted by Crippen LogP contribution is -2.51. The number of benzene rings is 2. The lowest BCUT2D eigenvalue weighted by Gasteiger charge is -2.27. The average molecular weight is 719 g/mol. The molecule has 3 unspecified atom stereocenters. The zero-order valence-corrected chi connectivity index (χ0v) is 31.3. The molecular formula is C38H50N6O4S2. The van der Waals surface area contributed by atoms with E-state index < -0.39 is 12.1 Å². The Kier molecular flexibility index (Phi) is 15.4. The number of hydrogen-bond donors (Lipinski definition) is 2. The molecule has 4 rings (SSSR count). The third kappa shape index (κ3) is 13.3. The predicted molar refractivity (Wildman–Crippen MR) is 200 cm³/mol. The second kappa shape index (κ2) is 19.9. The fourth-order valence-corrected chi connectivity index (χ4v) is 7.03. The fourth-order valence-electron chi connectivity index (χ4n) is 5.70. The van der Waals surface area contributed by atoms with Crippen LogP contribution in [0, 0.1) is 5.92 Å². The summed E-state index contributed by atoms with van der Waals surface area (Å²) in [6.07, 6.45) is 4.17. The summed E-state index contributed by atoms with van der Waals surface area (Å²) < 4.78 is 5.51. The number of carbonyl (C=O) groups is 3. The Balaban J connectivity index is 1.44. The number of likely N-dealkylation sites (N-methyl/N-ethyl adjacent to an activating group) is 1. The molecule has 12 heteroatoms. The molecule has 3 atom stereocenters. The molecular weight excluding hydrogens is 669 g/mol. The SMILES string of the molecule is CC(C)c1nc(CN(C)C(=O)NC(CN(C)C)C(=O)CC(CCC(Cc2ccccc2)NC(=O)OCc2cncs2)Cc2ccccc2)cs1. The molecule has 0 aliphatic rings. The molecule has 0 aliphatic carbocycles. The van der Waals surface area contributed by atoms with E-state index >= 15 is 0 Å². The second-order valence-electron chi connectivity index (χ2n) is 13.3. The van der Waals surface area contributed by atoms with Crippen LogP contribution in [-0.4, -0.2) is 77.4 Å². The van der Waals surface area contributed by atoms with E-state index in [4.69, 9.17) is 4.74 Å². The van der Waals surface area contributed by atoms with Gasteiger partial charge in [-0.15, -0.1) is 22.7 Å². The highest BCUT2D eigenvalue weighted by Gasteiger charge is 2.27. The maximum Gasteiger partial charge on any atom is 0.407 e. The number of urea groups is 1. The molecule has 0 saturated heterocycles. The summed E-state index contributed by atoms with van der Waals surface area (Å²) in [5.74, 6) is 0.293. The quantitative estimate of drug-likeness (QED) is 0.108. The number of nitrogens with zero attached hydrogens (tertiary/aromatic N) is 4. The Hall–Kier alpha value is -4.13. The van der Waals surface area contributed by atoms with Crippen LogP contribution in [0.1, 0.15) is 65.7 Å². The normalized spacial score (nSPS) is 13.1. The molecule has 0 bridgehead atoms. The minimum atomic E-state index is -0.681. The maximum absolute atomic E-state index is 14.0. The van der Waals surface area contributed by atoms with Crippen molar-refractivity contribution in [3.05, 3.63) is 104 Å². The van der Waals surface area contributed by atoms with Gasteiger partial charge >= 0.3 is 12.1 Å². The second-order valence-corrected chi connectivity index (χ2v) is 15.2. The molecule has 0 aliphatic heterocycles. The summed E-state index contributed by atoms with van der Waals surface area (Å²) in [4.78, 5) is 53.3. The van der Waals surface area contributed by atoms with Gasteiger partial charge < -0.3 is 25.2 Å². The van der Waals surface area contributed by atoms with Gasteiger partial charge in [0.2, 0.25) is 0 Å². The number of thiazole rings is 2. The summed E-state index contributed by atoms with van der Waals surface area (Å²) in [5, 5.41) is 9.11. The van der Waals surface area contributed by atoms with E-state index in [1.807, 2.05) is 72.9 Å². The molecule has 3 amide bonds. The molecule has 2 heterocycles. The number of ketones is 1. The van der Waals surface area contributed by atoms with Crippen LogP contribution in [0.25, 0.3) is 0 Å². The number of Topliss-reactive ketones (excluding diaryl/α,β-unsaturated/α-hetero) is 1. The number of nitrogens with one attached hydrogen (secondary N) is 2. The Labute approximate surface area is 304 Å². The van der Waals surface area contributed by atoms with Crippen molar-refractivity contribution in [3.8, 4) is 0 Å². The monoisotopic (exact) mass is 718 g/mol. The molecule has 0 spiro atoms. The van der Waals surface area contributed by atoms with Crippen LogP contribution in [-0.2, 0) is 35.5 Å². The third-order valence-electron chi connectivity index (χ3n) is 8.30. The number of aromatic nitrogens is 2. The zero-order chi connectivity index (χ0) is 35.9. The molecule has 2 aromatic heterocycles. The van der Waals surface area contributed by atoms with E-state index in [1.54, 1.807) is 35.0 Å². The van der Waals surface area contributed by atoms with Crippen molar-refractivity contribution in [2.24, 2.45) is 5.92 Å². The van der Waals surface area contributed by atoms with Crippen molar-refractivity contribution >= 4 is 40.6 Å². The topological polar surface area (TPSA) is 117 Å². The van der Waals surface area contributed by atoms with E-state index in [1.165, 1.54) is 11.3 Å². The minimum Gasteiger partial charge on any atom is -0.444 e. The van der Waals surface area contributed by atoms with E-state index in [0.717, 1.165) is 26.7 Å². The Morgan fingerprint density at radius 2 is 1.56 bits per heavy atom. The summed E-state index contributed by atoms with van der Waals surface area (Å²) >= 11 is 3.03. The highest BCUT2D eigenvalue weighted by Crippen LogP contribution is 2.23. The van der Waals surface area contributed by atoms with Gasteiger partial charge in [0, 0.05) is 43.5 Å². The van der Waals surface area contributed by atoms with Crippen LogP contribution in [0.15, 0.2) is 77.8 Å². The van der Waals surface area contributed by atoms with E-state index in [0.29, 0.717) is 44.7 Å². The van der Waals surface area contributed by atoms with Crippen molar-refractivity contribution in [3.63, 3.8) is 0 Å². The molecule has 0 saturated carbocycles. The lowest BCUT2D eigenvalue weighted by atomic mass is 9.86. The number of alkyl carbamates (subject to hydrolysis) is 1. The molecule has 0 fully saturated rings. The van der Waals surface area contributed by atoms with Gasteiger partial charge in [0.25, 0.3) is 0 Å². The molecule has 2 aromatic carbocycles. The molecule has 0 radical (unpaired) electrons. The molecule has 268 valence electrons. The molecule has 4 aromatic rings. The molecule has 50 heavy (non-hydrogen) atoms. The van der Waals surface area contributed by atoms with Crippen LogP contribution in [0.3, 0.4) is 0 Å². The van der Waals surface area contributed by atoms with Gasteiger partial charge in [-0.2, -0.15) is 0 Å². The third-order valence-corrected chi connectivity index (χ3v) is 10.2. The Bertz CT molecular complexity index is 1600. The van der Waals surface area contributed by atoms with Crippen LogP contribution in [0.5, 0.6) is 0 Å². The van der Waals surface area contributed by atoms with Crippen molar-refractivity contribution < 1.29 is 19.1 Å². The van der Waals surface area contributed by atoms with Gasteiger partial charge in [0.15, 0.2) is 5.78 Å². The summed E-state index contributed by atoms with van der Waals surface area (Å²) in [7, 11) is 5.52. The van der Waals surface area contributed by atoms with E-state index in [2.05, 4.69) is 46.6 Å². The lowest BCUT2D eigenvalue weighted by molar-refractivity contribution is -0.122. The van der Waals surface area contributed by atoms with Gasteiger partial charge in [-0.3, -0.25) is 9.78 Å². The van der Waals surface area contributed by atoms with Crippen molar-refractivity contribution in [2.45, 2.75) is 77.1 Å². The summed E-state index contributed by atoms with van der Waals surface area (Å²) in [6.45, 7) is 5.10. The van der Waals surface area contributed by atoms with Gasteiger partial charge in [0.05, 0.1) is 27.6 Å². The van der Waals surface area contributed by atoms with E-state index in [9.17, 15) is 14.4 Å². The zero-order valence-electron chi connectivity index (χ0n) is 29.7. The van der Waals surface area contributed by atoms with Gasteiger partial charge in [-0.1, -0.05) is 74.5 Å². The smallest absolute Gasteiger partial charge is 0.407 e. The first kappa shape index (κ1) is 38.7. The van der Waals surface area contributed by atoms with Crippen LogP contribution < -0.4 is 10.6 Å². The van der Waals surface area contributed by atoms with Crippen molar-refractivity contribution in [1.82, 2.24) is 30.4 Å². The first-order valence-corrected chi connectivity index (χ1v) is 18.8. The van der Waals surface area contributed by atoms with Crippen LogP contribution in [0.4, 0.5) is 9.59 Å². The van der Waals surface area contributed by atoms with Crippen molar-refractivity contribution in [2.75, 3.05) is 27.7 Å². The number of carbonyl (C=O) groups excluding carboxylic acids is 3. The van der Waals surface area contributed by atoms with Gasteiger partial charge in [-0.05, 0) is 56.8 Å². The number of rotatable bonds is 19. The average Bonchev–Trinajstić information content (AvgIpc) is 3.79. The summed E-state index contributed by atoms with van der Waals surface area (Å²) in [6, 6.07) is 19.0. The largest absolute Gasteiger partial charge is 0.444 e. The minimum absolute atomic E-state index is 0.0121. The number of ether oxygens (including phenoxy) is 1. The standard InChI is InChI=1S/C38H50N6O4S2/c1-27(2)36-40-32(25-49-36)22-44(5)37(46)42-34(23-43(3)4)35(45)20-30(18-28-12-8-6-9-13-28)16-17-31(19-29-14-10-7-11-15-29)41-38(47)48-24-33-21-39-26-50-33/h6-15,21,25-27,30-31,34H,16-20,22-24H2,1-5H3,(H,41,47)(H,42,46). The Morgan fingerprint density at radius 3 is 2.16 bits per heavy atom. The van der Waals surface area contributed by atoms with Gasteiger partial charge in [-0.25, -0.2) is 14.6 Å². The van der Waals surface area contributed by atoms with Crippen LogP contribution in [0.2, 0.25) is 0 Å². The highest BCUT2D eigenvalue weighted by molar-refractivity contribution is 7.09. The Morgan fingerprint density at radius 1 is 0.880 bits per heavy atom. The fraction of sp³-hybridized carbons (Fsp3) is 0.447. The number of hydrogen-bond acceptors (Lipinski definition) is 9. The van der Waals surface area contributed by atoms with Crippen molar-refractivity contribution in [1.29, 1.82) is 0 Å². The highest BCUT2D eigenvalue weighted by atomic mass is 32.1.